The van der Waals surface area contributed by atoms with Crippen molar-refractivity contribution in [1.29, 1.82) is 0 Å². The average molecular weight is 529 g/mol. The number of carboxylic acid groups (broad SMARTS) is 1. The minimum atomic E-state index is -3.28. The van der Waals surface area contributed by atoms with Crippen LogP contribution in [0.3, 0.4) is 0 Å². The second-order valence-corrected chi connectivity index (χ2v) is 11.5. The number of para-hydroxylation sites is 1. The summed E-state index contributed by atoms with van der Waals surface area (Å²) >= 11 is 0. The number of hydrogen-bond acceptors (Lipinski definition) is 7. The first-order valence-electron chi connectivity index (χ1n) is 12.7. The number of benzene rings is 2. The van der Waals surface area contributed by atoms with Crippen LogP contribution in [0.15, 0.2) is 53.6 Å². The Labute approximate surface area is 219 Å². The Morgan fingerprint density at radius 3 is 2.70 bits per heavy atom. The molecule has 0 bridgehead atoms. The highest BCUT2D eigenvalue weighted by molar-refractivity contribution is 8.22. The lowest BCUT2D eigenvalue weighted by atomic mass is 9.88. The average Bonchev–Trinajstić information content (AvgIpc) is 3.31. The van der Waals surface area contributed by atoms with Crippen molar-refractivity contribution in [3.8, 4) is 5.75 Å². The fourth-order valence-electron chi connectivity index (χ4n) is 4.66. The Morgan fingerprint density at radius 1 is 1.22 bits per heavy atom. The molecular formula is C27H36N4O5S. The van der Waals surface area contributed by atoms with Crippen molar-refractivity contribution in [2.45, 2.75) is 76.5 Å². The number of aliphatic carboxylic acids is 1. The first kappa shape index (κ1) is 27.1. The van der Waals surface area contributed by atoms with Crippen LogP contribution in [0.1, 0.15) is 61.4 Å². The Bertz CT molecular complexity index is 1230. The fourth-order valence-corrected chi connectivity index (χ4v) is 6.28. The number of aromatic nitrogens is 3. The Kier molecular flexibility index (Phi) is 8.53. The topological polar surface area (TPSA) is 121 Å². The quantitative estimate of drug-likeness (QED) is 0.316. The van der Waals surface area contributed by atoms with Crippen LogP contribution in [0.4, 0.5) is 0 Å². The zero-order valence-corrected chi connectivity index (χ0v) is 22.4. The molecule has 9 nitrogen and oxygen atoms in total. The van der Waals surface area contributed by atoms with Gasteiger partial charge in [-0.1, -0.05) is 42.5 Å². The predicted octanol–water partition coefficient (Wildman–Crippen LogP) is 5.50. The van der Waals surface area contributed by atoms with E-state index in [2.05, 4.69) is 10.3 Å². The molecule has 1 aliphatic heterocycles. The predicted molar refractivity (Wildman–Crippen MR) is 143 cm³/mol. The van der Waals surface area contributed by atoms with Crippen LogP contribution in [0.25, 0.3) is 0 Å². The van der Waals surface area contributed by atoms with E-state index in [0.29, 0.717) is 36.6 Å². The molecule has 0 saturated carbocycles. The van der Waals surface area contributed by atoms with E-state index < -0.39 is 16.7 Å². The van der Waals surface area contributed by atoms with Crippen molar-refractivity contribution in [3.63, 3.8) is 0 Å². The second kappa shape index (κ2) is 11.6. The molecule has 2 atom stereocenters. The second-order valence-electron chi connectivity index (χ2n) is 9.52. The van der Waals surface area contributed by atoms with E-state index >= 15 is 0 Å². The molecule has 0 saturated heterocycles. The van der Waals surface area contributed by atoms with E-state index in [1.54, 1.807) is 27.2 Å². The third-order valence-corrected chi connectivity index (χ3v) is 8.86. The van der Waals surface area contributed by atoms with Crippen LogP contribution in [-0.4, -0.2) is 52.1 Å². The van der Waals surface area contributed by atoms with Gasteiger partial charge < -0.3 is 9.84 Å². The van der Waals surface area contributed by atoms with Gasteiger partial charge in [-0.15, -0.1) is 15.9 Å². The third kappa shape index (κ3) is 6.32. The summed E-state index contributed by atoms with van der Waals surface area (Å²) in [5.74, 6) is -0.560. The van der Waals surface area contributed by atoms with Crippen molar-refractivity contribution in [2.75, 3.05) is 6.54 Å². The third-order valence-electron chi connectivity index (χ3n) is 6.93. The molecule has 37 heavy (non-hydrogen) atoms. The van der Waals surface area contributed by atoms with Gasteiger partial charge in [-0.05, 0) is 67.9 Å². The molecule has 200 valence electrons. The molecular weight excluding hydrogens is 492 g/mol. The number of carboxylic acids is 1. The molecule has 0 amide bonds. The monoisotopic (exact) mass is 528 g/mol. The molecule has 0 fully saturated rings. The van der Waals surface area contributed by atoms with Gasteiger partial charge in [0, 0.05) is 19.3 Å². The molecule has 1 aliphatic rings. The van der Waals surface area contributed by atoms with Crippen LogP contribution in [0.2, 0.25) is 0 Å². The molecule has 3 N–H and O–H groups in total. The van der Waals surface area contributed by atoms with Crippen molar-refractivity contribution in [2.24, 2.45) is 0 Å². The van der Waals surface area contributed by atoms with Crippen LogP contribution in [0, 0.1) is 6.92 Å². The SMILES string of the molecule is CC[C@@H]1CN(Cc2cc([C@@H](CCc3cn(CC)nn3)CC(=O)O)ccc2C)S(O)(O)c2ccccc2O1. The van der Waals surface area contributed by atoms with E-state index in [9.17, 15) is 19.0 Å². The van der Waals surface area contributed by atoms with E-state index in [1.165, 1.54) is 0 Å². The van der Waals surface area contributed by atoms with E-state index in [4.69, 9.17) is 4.74 Å². The molecule has 4 rings (SSSR count). The lowest BCUT2D eigenvalue weighted by molar-refractivity contribution is -0.137. The van der Waals surface area contributed by atoms with Gasteiger partial charge in [-0.3, -0.25) is 18.6 Å². The molecule has 0 radical (unpaired) electrons. The van der Waals surface area contributed by atoms with Gasteiger partial charge in [0.2, 0.25) is 0 Å². The maximum atomic E-state index is 11.7. The van der Waals surface area contributed by atoms with Gasteiger partial charge in [-0.2, -0.15) is 4.31 Å². The highest BCUT2D eigenvalue weighted by Crippen LogP contribution is 2.57. The normalized spacial score (nSPS) is 18.9. The molecule has 0 aliphatic carbocycles. The van der Waals surface area contributed by atoms with Gasteiger partial charge in [0.1, 0.15) is 16.7 Å². The van der Waals surface area contributed by atoms with E-state index in [0.717, 1.165) is 35.3 Å². The number of ether oxygens (including phenoxy) is 1. The number of hydrogen-bond donors (Lipinski definition) is 3. The summed E-state index contributed by atoms with van der Waals surface area (Å²) in [4.78, 5) is 12.1. The number of carbonyl (C=O) groups is 1. The summed E-state index contributed by atoms with van der Waals surface area (Å²) in [6.45, 7) is 7.40. The summed E-state index contributed by atoms with van der Waals surface area (Å²) in [6, 6.07) is 13.1. The highest BCUT2D eigenvalue weighted by atomic mass is 32.3. The zero-order chi connectivity index (χ0) is 26.6. The summed E-state index contributed by atoms with van der Waals surface area (Å²) in [5.41, 5.74) is 3.69. The molecule has 10 heteroatoms. The van der Waals surface area contributed by atoms with Crippen molar-refractivity contribution < 1.29 is 23.7 Å². The Morgan fingerprint density at radius 2 is 2.00 bits per heavy atom. The van der Waals surface area contributed by atoms with Crippen LogP contribution in [0.5, 0.6) is 5.75 Å². The first-order valence-corrected chi connectivity index (χ1v) is 14.2. The minimum Gasteiger partial charge on any atom is -0.487 e. The Balaban J connectivity index is 1.60. The number of fused-ring (bicyclic) bond motifs is 1. The summed E-state index contributed by atoms with van der Waals surface area (Å²) in [6.07, 6.45) is 3.68. The van der Waals surface area contributed by atoms with Gasteiger partial charge in [0.05, 0.1) is 18.7 Å². The van der Waals surface area contributed by atoms with Crippen molar-refractivity contribution >= 4 is 16.7 Å². The number of rotatable bonds is 10. The van der Waals surface area contributed by atoms with Gasteiger partial charge in [-0.25, -0.2) is 0 Å². The summed E-state index contributed by atoms with van der Waals surface area (Å²) in [7, 11) is -3.28. The first-order chi connectivity index (χ1) is 17.7. The van der Waals surface area contributed by atoms with Gasteiger partial charge >= 0.3 is 5.97 Å². The van der Waals surface area contributed by atoms with Crippen LogP contribution >= 0.6 is 10.8 Å². The molecule has 1 aromatic heterocycles. The fraction of sp³-hybridized carbons (Fsp3) is 0.444. The molecule has 2 aromatic carbocycles. The van der Waals surface area contributed by atoms with Crippen LogP contribution < -0.4 is 4.74 Å². The maximum absolute atomic E-state index is 11.7. The molecule has 3 aromatic rings. The lowest BCUT2D eigenvalue weighted by Gasteiger charge is -2.42. The largest absolute Gasteiger partial charge is 0.487 e. The smallest absolute Gasteiger partial charge is 0.303 e. The van der Waals surface area contributed by atoms with E-state index in [1.807, 2.05) is 51.2 Å². The van der Waals surface area contributed by atoms with Crippen molar-refractivity contribution in [3.05, 3.63) is 71.0 Å². The minimum absolute atomic E-state index is 0.00242. The van der Waals surface area contributed by atoms with E-state index in [-0.39, 0.29) is 18.4 Å². The number of aryl methyl sites for hydroxylation is 3. The zero-order valence-electron chi connectivity index (χ0n) is 21.6. The standard InChI is InChI=1S/C27H36N4O5S/c1-4-24-18-31(37(34,35)26-9-7-6-8-25(26)36-24)16-22-14-20(11-10-19(22)3)21(15-27(32)33)12-13-23-17-30(5-2)29-28-23/h6-11,14,17,21,24,34-35H,4-5,12-13,15-16,18H2,1-3H3,(H,32,33)/t21-,24+/m0/s1. The summed E-state index contributed by atoms with van der Waals surface area (Å²) < 4.78 is 32.3. The summed E-state index contributed by atoms with van der Waals surface area (Å²) in [5, 5.41) is 17.9. The number of nitrogens with zero attached hydrogens (tertiary/aromatic N) is 4. The highest BCUT2D eigenvalue weighted by Gasteiger charge is 2.34. The maximum Gasteiger partial charge on any atom is 0.303 e. The van der Waals surface area contributed by atoms with Gasteiger partial charge in [0.25, 0.3) is 0 Å². The Hall–Kier alpha value is -2.92. The van der Waals surface area contributed by atoms with Crippen molar-refractivity contribution in [1.82, 2.24) is 19.3 Å². The molecule has 2 heterocycles. The van der Waals surface area contributed by atoms with Crippen LogP contribution in [-0.2, 0) is 24.3 Å². The molecule has 0 spiro atoms. The lowest BCUT2D eigenvalue weighted by Crippen LogP contribution is -2.34. The molecule has 0 unspecified atom stereocenters. The van der Waals surface area contributed by atoms with Gasteiger partial charge in [0.15, 0.2) is 0 Å².